The molecule has 1 aromatic carbocycles. The summed E-state index contributed by atoms with van der Waals surface area (Å²) < 4.78 is 0. The van der Waals surface area contributed by atoms with Crippen LogP contribution in [0.3, 0.4) is 0 Å². The lowest BCUT2D eigenvalue weighted by molar-refractivity contribution is 0.0998. The Balaban J connectivity index is 2.42. The number of amides is 1. The Morgan fingerprint density at radius 3 is 2.65 bits per heavy atom. The maximum absolute atomic E-state index is 11.3. The number of hydrogen-bond donors (Lipinski definition) is 0. The van der Waals surface area contributed by atoms with Crippen LogP contribution in [0.1, 0.15) is 10.5 Å². The number of aliphatic imine (C=N–C) groups is 1. The van der Waals surface area contributed by atoms with E-state index >= 15 is 0 Å². The van der Waals surface area contributed by atoms with Crippen LogP contribution in [-0.4, -0.2) is 22.0 Å². The number of hydrogen-bond acceptors (Lipinski definition) is 4. The van der Waals surface area contributed by atoms with Gasteiger partial charge in [0.15, 0.2) is 5.82 Å². The number of rotatable bonds is 2. The molecule has 2 rings (SSSR count). The van der Waals surface area contributed by atoms with E-state index in [-0.39, 0.29) is 5.69 Å². The fourth-order valence-corrected chi connectivity index (χ4v) is 1.30. The average Bonchev–Trinajstić information content (AvgIpc) is 2.40. The summed E-state index contributed by atoms with van der Waals surface area (Å²) in [5.74, 6) is -0.308. The Morgan fingerprint density at radius 1 is 1.18 bits per heavy atom. The van der Waals surface area contributed by atoms with E-state index in [9.17, 15) is 9.59 Å². The number of carbonyl (C=O) groups excluding carboxylic acids is 2. The van der Waals surface area contributed by atoms with Crippen LogP contribution in [0.2, 0.25) is 0 Å². The molecule has 17 heavy (non-hydrogen) atoms. The third-order valence-electron chi connectivity index (χ3n) is 2.05. The zero-order chi connectivity index (χ0) is 12.1. The van der Waals surface area contributed by atoms with Crippen molar-refractivity contribution in [2.45, 2.75) is 0 Å². The minimum Gasteiger partial charge on any atom is -0.264 e. The molecule has 0 aliphatic carbocycles. The van der Waals surface area contributed by atoms with Crippen LogP contribution in [0.15, 0.2) is 47.6 Å². The van der Waals surface area contributed by atoms with Crippen molar-refractivity contribution in [1.29, 1.82) is 0 Å². The summed E-state index contributed by atoms with van der Waals surface area (Å²) in [4.78, 5) is 32.4. The first-order chi connectivity index (χ1) is 8.31. The number of carbonyl (C=O) groups is 1. The second kappa shape index (κ2) is 4.92. The maximum Gasteiger partial charge on any atom is 0.306 e. The van der Waals surface area contributed by atoms with Gasteiger partial charge in [0.1, 0.15) is 5.69 Å². The summed E-state index contributed by atoms with van der Waals surface area (Å²) in [7, 11) is 0. The lowest BCUT2D eigenvalue weighted by Gasteiger charge is -2.00. The van der Waals surface area contributed by atoms with Crippen LogP contribution in [0.4, 0.5) is 0 Å². The van der Waals surface area contributed by atoms with E-state index in [0.717, 1.165) is 5.56 Å². The number of benzene rings is 1. The molecule has 0 saturated carbocycles. The highest BCUT2D eigenvalue weighted by Crippen LogP contribution is 2.13. The number of isocyanates is 1. The van der Waals surface area contributed by atoms with Gasteiger partial charge in [-0.1, -0.05) is 30.3 Å². The van der Waals surface area contributed by atoms with Crippen molar-refractivity contribution in [3.8, 4) is 11.4 Å². The van der Waals surface area contributed by atoms with E-state index in [1.165, 1.54) is 18.3 Å². The maximum atomic E-state index is 11.3. The van der Waals surface area contributed by atoms with E-state index in [2.05, 4.69) is 15.0 Å². The predicted molar refractivity (Wildman–Crippen MR) is 59.9 cm³/mol. The van der Waals surface area contributed by atoms with Crippen molar-refractivity contribution in [2.24, 2.45) is 4.99 Å². The summed E-state index contributed by atoms with van der Waals surface area (Å²) >= 11 is 0. The predicted octanol–water partition coefficient (Wildman–Crippen LogP) is 1.62. The molecule has 0 unspecified atom stereocenters. The third-order valence-corrected chi connectivity index (χ3v) is 2.05. The molecular formula is C12H7N3O2. The second-order valence-electron chi connectivity index (χ2n) is 3.14. The fourth-order valence-electron chi connectivity index (χ4n) is 1.30. The molecule has 1 aromatic heterocycles. The van der Waals surface area contributed by atoms with Gasteiger partial charge in [0.05, 0.1) is 0 Å². The average molecular weight is 225 g/mol. The first kappa shape index (κ1) is 10.9. The Kier molecular flexibility index (Phi) is 3.14. The van der Waals surface area contributed by atoms with Crippen LogP contribution in [-0.2, 0) is 4.79 Å². The van der Waals surface area contributed by atoms with Gasteiger partial charge in [0.2, 0.25) is 6.08 Å². The van der Waals surface area contributed by atoms with E-state index in [1.54, 1.807) is 0 Å². The monoisotopic (exact) mass is 225 g/mol. The first-order valence-electron chi connectivity index (χ1n) is 4.82. The Bertz CT molecular complexity index is 590. The molecule has 0 bridgehead atoms. The highest BCUT2D eigenvalue weighted by atomic mass is 16.2. The van der Waals surface area contributed by atoms with Crippen molar-refractivity contribution in [3.63, 3.8) is 0 Å². The van der Waals surface area contributed by atoms with Gasteiger partial charge in [-0.2, -0.15) is 0 Å². The Hall–Kier alpha value is -2.65. The van der Waals surface area contributed by atoms with Crippen LogP contribution in [0.5, 0.6) is 0 Å². The van der Waals surface area contributed by atoms with E-state index in [4.69, 9.17) is 0 Å². The summed E-state index contributed by atoms with van der Waals surface area (Å²) in [5, 5.41) is 0. The van der Waals surface area contributed by atoms with E-state index in [0.29, 0.717) is 5.82 Å². The lowest BCUT2D eigenvalue weighted by Crippen LogP contribution is -2.01. The third kappa shape index (κ3) is 2.48. The van der Waals surface area contributed by atoms with Crippen molar-refractivity contribution in [2.75, 3.05) is 0 Å². The molecule has 0 aliphatic heterocycles. The molecule has 0 aliphatic rings. The summed E-state index contributed by atoms with van der Waals surface area (Å²) in [6, 6.07) is 10.6. The minimum absolute atomic E-state index is 0.0715. The molecular weight excluding hydrogens is 218 g/mol. The molecule has 0 atom stereocenters. The summed E-state index contributed by atoms with van der Waals surface area (Å²) in [6.45, 7) is 0. The van der Waals surface area contributed by atoms with Crippen LogP contribution < -0.4 is 0 Å². The standard InChI is InChI=1S/C12H7N3O2/c16-8-14-12(17)10-6-7-13-11(15-10)9-4-2-1-3-5-9/h1-7H. The van der Waals surface area contributed by atoms with Crippen LogP contribution in [0.25, 0.3) is 11.4 Å². The molecule has 1 amide bonds. The van der Waals surface area contributed by atoms with Gasteiger partial charge < -0.3 is 0 Å². The number of nitrogens with zero attached hydrogens (tertiary/aromatic N) is 3. The van der Waals surface area contributed by atoms with Crippen LogP contribution in [0, 0.1) is 0 Å². The topological polar surface area (TPSA) is 72.3 Å². The van der Waals surface area contributed by atoms with E-state index in [1.807, 2.05) is 30.3 Å². The zero-order valence-electron chi connectivity index (χ0n) is 8.70. The molecule has 2 aromatic rings. The van der Waals surface area contributed by atoms with Gasteiger partial charge in [0.25, 0.3) is 0 Å². The quantitative estimate of drug-likeness (QED) is 0.575. The van der Waals surface area contributed by atoms with Crippen molar-refractivity contribution >= 4 is 12.0 Å². The molecule has 5 heteroatoms. The second-order valence-corrected chi connectivity index (χ2v) is 3.14. The zero-order valence-corrected chi connectivity index (χ0v) is 8.70. The van der Waals surface area contributed by atoms with Gasteiger partial charge in [0, 0.05) is 11.8 Å². The normalized spacial score (nSPS) is 9.41. The largest absolute Gasteiger partial charge is 0.306 e. The molecule has 0 radical (unpaired) electrons. The first-order valence-corrected chi connectivity index (χ1v) is 4.82. The van der Waals surface area contributed by atoms with Crippen LogP contribution >= 0.6 is 0 Å². The van der Waals surface area contributed by atoms with Gasteiger partial charge in [-0.05, 0) is 6.07 Å². The lowest BCUT2D eigenvalue weighted by atomic mass is 10.2. The highest BCUT2D eigenvalue weighted by molar-refractivity contribution is 5.95. The summed E-state index contributed by atoms with van der Waals surface area (Å²) in [6.07, 6.45) is 2.64. The van der Waals surface area contributed by atoms with Gasteiger partial charge >= 0.3 is 5.91 Å². The van der Waals surface area contributed by atoms with E-state index < -0.39 is 5.91 Å². The molecule has 1 heterocycles. The van der Waals surface area contributed by atoms with Crippen molar-refractivity contribution in [3.05, 3.63) is 48.3 Å². The molecule has 82 valence electrons. The number of aromatic nitrogens is 2. The SMILES string of the molecule is O=C=NC(=O)c1ccnc(-c2ccccc2)n1. The fraction of sp³-hybridized carbons (Fsp3) is 0. The highest BCUT2D eigenvalue weighted by Gasteiger charge is 2.08. The minimum atomic E-state index is -0.723. The molecule has 0 N–H and O–H groups in total. The molecule has 0 fully saturated rings. The molecule has 0 saturated heterocycles. The molecule has 0 spiro atoms. The Labute approximate surface area is 96.9 Å². The van der Waals surface area contributed by atoms with Gasteiger partial charge in [-0.15, -0.1) is 4.99 Å². The van der Waals surface area contributed by atoms with Crippen molar-refractivity contribution < 1.29 is 9.59 Å². The van der Waals surface area contributed by atoms with Crippen molar-refractivity contribution in [1.82, 2.24) is 9.97 Å². The molecule has 5 nitrogen and oxygen atoms in total. The Morgan fingerprint density at radius 2 is 1.94 bits per heavy atom. The van der Waals surface area contributed by atoms with Gasteiger partial charge in [-0.25, -0.2) is 14.8 Å². The summed E-state index contributed by atoms with van der Waals surface area (Å²) in [5.41, 5.74) is 0.861. The smallest absolute Gasteiger partial charge is 0.264 e. The van der Waals surface area contributed by atoms with Gasteiger partial charge in [-0.3, -0.25) is 4.79 Å².